The third-order valence-corrected chi connectivity index (χ3v) is 1.13. The summed E-state index contributed by atoms with van der Waals surface area (Å²) in [6, 6.07) is 0. The van der Waals surface area contributed by atoms with E-state index in [0.717, 1.165) is 6.54 Å². The van der Waals surface area contributed by atoms with E-state index >= 15 is 0 Å². The van der Waals surface area contributed by atoms with Gasteiger partial charge in [-0.3, -0.25) is 10.2 Å². The second-order valence-electron chi connectivity index (χ2n) is 1.70. The molecule has 1 aliphatic rings. The highest BCUT2D eigenvalue weighted by Gasteiger charge is 2.14. The van der Waals surface area contributed by atoms with Crippen molar-refractivity contribution in [2.75, 3.05) is 19.8 Å². The molecule has 0 aliphatic carbocycles. The predicted molar refractivity (Wildman–Crippen MR) is 34.8 cm³/mol. The molecule has 0 atom stereocenters. The van der Waals surface area contributed by atoms with Crippen LogP contribution < -0.4 is 5.32 Å². The molecule has 0 aromatic rings. The van der Waals surface area contributed by atoms with Crippen LogP contribution in [0, 0.1) is 0 Å². The van der Waals surface area contributed by atoms with Crippen molar-refractivity contribution in [2.24, 2.45) is 0 Å². The van der Waals surface area contributed by atoms with Crippen LogP contribution >= 0.6 is 12.4 Å². The van der Waals surface area contributed by atoms with Crippen LogP contribution in [0.3, 0.4) is 0 Å². The van der Waals surface area contributed by atoms with Crippen LogP contribution in [-0.4, -0.2) is 35.9 Å². The first-order chi connectivity index (χ1) is 3.80. The normalized spacial score (nSPS) is 17.1. The fourth-order valence-electron chi connectivity index (χ4n) is 0.670. The first kappa shape index (κ1) is 8.52. The van der Waals surface area contributed by atoms with Gasteiger partial charge in [-0.2, -0.15) is 0 Å². The van der Waals surface area contributed by atoms with Crippen molar-refractivity contribution in [1.82, 2.24) is 10.2 Å². The maximum absolute atomic E-state index is 10.1. The molecule has 1 amide bonds. The van der Waals surface area contributed by atoms with Crippen LogP contribution in [0.1, 0.15) is 0 Å². The minimum atomic E-state index is -0.838. The molecule has 54 valence electrons. The maximum Gasteiger partial charge on any atom is 0.408 e. The van der Waals surface area contributed by atoms with E-state index in [-0.39, 0.29) is 12.4 Å². The molecule has 0 bridgehead atoms. The third-order valence-electron chi connectivity index (χ3n) is 1.13. The molecular weight excluding hydrogens is 144 g/mol. The Morgan fingerprint density at radius 3 is 2.56 bits per heavy atom. The van der Waals surface area contributed by atoms with Crippen LogP contribution in [-0.2, 0) is 0 Å². The molecule has 1 saturated heterocycles. The minimum Gasteiger partial charge on any atom is -0.465 e. The quantitative estimate of drug-likeness (QED) is 0.512. The summed E-state index contributed by atoms with van der Waals surface area (Å²) in [5.41, 5.74) is 0. The summed E-state index contributed by atoms with van der Waals surface area (Å²) in [5, 5.41) is 11.2. The van der Waals surface area contributed by atoms with Gasteiger partial charge in [-0.1, -0.05) is 0 Å². The first-order valence-electron chi connectivity index (χ1n) is 2.49. The largest absolute Gasteiger partial charge is 0.465 e. The number of nitrogens with one attached hydrogen (secondary N) is 1. The number of carboxylic acid groups (broad SMARTS) is 1. The number of hydrogen-bond acceptors (Lipinski definition) is 2. The second-order valence-corrected chi connectivity index (χ2v) is 1.70. The van der Waals surface area contributed by atoms with Gasteiger partial charge in [-0.15, -0.1) is 12.4 Å². The Kier molecular flexibility index (Phi) is 3.34. The van der Waals surface area contributed by atoms with E-state index in [2.05, 4.69) is 5.32 Å². The number of nitrogens with zero attached hydrogens (tertiary/aromatic N) is 1. The van der Waals surface area contributed by atoms with Gasteiger partial charge < -0.3 is 5.11 Å². The fraction of sp³-hybridized carbons (Fsp3) is 0.750. The van der Waals surface area contributed by atoms with Crippen molar-refractivity contribution in [1.29, 1.82) is 0 Å². The highest BCUT2D eigenvalue weighted by Crippen LogP contribution is 1.90. The summed E-state index contributed by atoms with van der Waals surface area (Å²) in [5.74, 6) is 0. The molecule has 0 spiro atoms. The highest BCUT2D eigenvalue weighted by atomic mass is 35.5. The molecule has 9 heavy (non-hydrogen) atoms. The van der Waals surface area contributed by atoms with E-state index in [9.17, 15) is 4.79 Å². The molecule has 1 aliphatic heterocycles. The van der Waals surface area contributed by atoms with Crippen molar-refractivity contribution in [2.45, 2.75) is 0 Å². The van der Waals surface area contributed by atoms with Crippen molar-refractivity contribution >= 4 is 18.5 Å². The molecule has 0 aromatic carbocycles. The average Bonchev–Trinajstić information content (AvgIpc) is 2.12. The molecule has 0 aromatic heterocycles. The Morgan fingerprint density at radius 1 is 1.67 bits per heavy atom. The zero-order valence-corrected chi connectivity index (χ0v) is 5.65. The zero-order chi connectivity index (χ0) is 5.98. The number of carbonyl (C=O) groups is 1. The highest BCUT2D eigenvalue weighted by molar-refractivity contribution is 5.85. The van der Waals surface area contributed by atoms with E-state index in [4.69, 9.17) is 5.11 Å². The molecule has 0 saturated carbocycles. The zero-order valence-electron chi connectivity index (χ0n) is 4.83. The van der Waals surface area contributed by atoms with E-state index < -0.39 is 6.09 Å². The SMILES string of the molecule is Cl.O=C(O)N1CCNC1. The second kappa shape index (κ2) is 3.53. The van der Waals surface area contributed by atoms with E-state index in [1.807, 2.05) is 0 Å². The monoisotopic (exact) mass is 152 g/mol. The van der Waals surface area contributed by atoms with Crippen LogP contribution in [0.4, 0.5) is 4.79 Å². The average molecular weight is 153 g/mol. The van der Waals surface area contributed by atoms with Crippen LogP contribution in [0.25, 0.3) is 0 Å². The van der Waals surface area contributed by atoms with Crippen molar-refractivity contribution in [3.05, 3.63) is 0 Å². The van der Waals surface area contributed by atoms with Gasteiger partial charge in [0.1, 0.15) is 0 Å². The van der Waals surface area contributed by atoms with Crippen molar-refractivity contribution in [3.63, 3.8) is 0 Å². The molecule has 0 radical (unpaired) electrons. The van der Waals surface area contributed by atoms with Crippen LogP contribution in [0.2, 0.25) is 0 Å². The number of amides is 1. The van der Waals surface area contributed by atoms with Gasteiger partial charge in [-0.05, 0) is 0 Å². The van der Waals surface area contributed by atoms with E-state index in [0.29, 0.717) is 13.2 Å². The van der Waals surface area contributed by atoms with Crippen molar-refractivity contribution < 1.29 is 9.90 Å². The number of hydrogen-bond donors (Lipinski definition) is 2. The Labute approximate surface area is 59.2 Å². The molecule has 1 fully saturated rings. The number of halogens is 1. The van der Waals surface area contributed by atoms with Gasteiger partial charge >= 0.3 is 6.09 Å². The standard InChI is InChI=1S/C4H8N2O2.ClH/c7-4(8)6-2-1-5-3-6;/h5H,1-3H2,(H,7,8);1H. The van der Waals surface area contributed by atoms with Gasteiger partial charge in [0.25, 0.3) is 0 Å². The first-order valence-corrected chi connectivity index (χ1v) is 2.49. The minimum absolute atomic E-state index is 0. The van der Waals surface area contributed by atoms with Crippen LogP contribution in [0.15, 0.2) is 0 Å². The smallest absolute Gasteiger partial charge is 0.408 e. The lowest BCUT2D eigenvalue weighted by Gasteiger charge is -2.06. The van der Waals surface area contributed by atoms with Gasteiger partial charge in [0.15, 0.2) is 0 Å². The molecule has 4 nitrogen and oxygen atoms in total. The lowest BCUT2D eigenvalue weighted by atomic mass is 10.6. The third kappa shape index (κ3) is 2.07. The summed E-state index contributed by atoms with van der Waals surface area (Å²) >= 11 is 0. The number of rotatable bonds is 0. The lowest BCUT2D eigenvalue weighted by Crippen LogP contribution is -2.27. The van der Waals surface area contributed by atoms with E-state index in [1.54, 1.807) is 0 Å². The van der Waals surface area contributed by atoms with Gasteiger partial charge in [0.2, 0.25) is 0 Å². The van der Waals surface area contributed by atoms with Gasteiger partial charge in [0.05, 0.1) is 6.67 Å². The molecule has 2 N–H and O–H groups in total. The Balaban J connectivity index is 0.000000640. The van der Waals surface area contributed by atoms with Crippen molar-refractivity contribution in [3.8, 4) is 0 Å². The fourth-order valence-corrected chi connectivity index (χ4v) is 0.670. The maximum atomic E-state index is 10.1. The Morgan fingerprint density at radius 2 is 2.33 bits per heavy atom. The van der Waals surface area contributed by atoms with Gasteiger partial charge in [0, 0.05) is 13.1 Å². The molecule has 5 heteroatoms. The van der Waals surface area contributed by atoms with E-state index in [1.165, 1.54) is 4.90 Å². The molecule has 0 unspecified atom stereocenters. The summed E-state index contributed by atoms with van der Waals surface area (Å²) in [7, 11) is 0. The molecular formula is C4H9ClN2O2. The summed E-state index contributed by atoms with van der Waals surface area (Å²) < 4.78 is 0. The summed E-state index contributed by atoms with van der Waals surface area (Å²) in [6.07, 6.45) is -0.838. The lowest BCUT2D eigenvalue weighted by molar-refractivity contribution is 0.155. The Bertz CT molecular complexity index is 103. The predicted octanol–water partition coefficient (Wildman–Crippen LogP) is -0.0511. The Hall–Kier alpha value is -0.480. The van der Waals surface area contributed by atoms with Gasteiger partial charge in [-0.25, -0.2) is 4.79 Å². The van der Waals surface area contributed by atoms with Crippen LogP contribution in [0.5, 0.6) is 0 Å². The molecule has 1 heterocycles. The summed E-state index contributed by atoms with van der Waals surface area (Å²) in [4.78, 5) is 11.4. The summed E-state index contributed by atoms with van der Waals surface area (Å²) in [6.45, 7) is 1.89. The topological polar surface area (TPSA) is 52.6 Å². The molecule has 1 rings (SSSR count).